The normalized spacial score (nSPS) is 13.9. The third-order valence-corrected chi connectivity index (χ3v) is 2.04. The van der Waals surface area contributed by atoms with Gasteiger partial charge in [-0.2, -0.15) is 0 Å². The van der Waals surface area contributed by atoms with E-state index in [0.29, 0.717) is 5.70 Å². The van der Waals surface area contributed by atoms with Crippen molar-refractivity contribution in [3.05, 3.63) is 11.3 Å². The number of ketones is 1. The zero-order valence-corrected chi connectivity index (χ0v) is 8.72. The lowest BCUT2D eigenvalue weighted by Gasteiger charge is -2.09. The van der Waals surface area contributed by atoms with E-state index in [-0.39, 0.29) is 11.7 Å². The lowest BCUT2D eigenvalue weighted by Crippen LogP contribution is -2.29. The molecule has 78 valence electrons. The zero-order chi connectivity index (χ0) is 10.7. The molecule has 0 heterocycles. The van der Waals surface area contributed by atoms with Gasteiger partial charge in [0.1, 0.15) is 0 Å². The van der Waals surface area contributed by atoms with Crippen molar-refractivity contribution in [2.75, 3.05) is 7.11 Å². The smallest absolute Gasteiger partial charge is 0.411 e. The van der Waals surface area contributed by atoms with E-state index in [1.165, 1.54) is 7.11 Å². The Morgan fingerprint density at radius 2 is 1.93 bits per heavy atom. The summed E-state index contributed by atoms with van der Waals surface area (Å²) in [7, 11) is 1.28. The molecular weight excluding hydrogens is 182 g/mol. The fourth-order valence-corrected chi connectivity index (χ4v) is 1.08. The van der Waals surface area contributed by atoms with Crippen LogP contribution in [-0.4, -0.2) is 19.0 Å². The van der Waals surface area contributed by atoms with Crippen molar-refractivity contribution in [1.29, 1.82) is 0 Å². The summed E-state index contributed by atoms with van der Waals surface area (Å²) in [6, 6.07) is 0. The molecule has 0 atom stereocenters. The highest BCUT2D eigenvalue weighted by molar-refractivity contribution is 6.00. The highest BCUT2D eigenvalue weighted by Gasteiger charge is 2.26. The first-order valence-electron chi connectivity index (χ1n) is 4.67. The van der Waals surface area contributed by atoms with Crippen LogP contribution in [0.4, 0.5) is 4.79 Å². The average molecular weight is 197 g/mol. The molecule has 1 saturated carbocycles. The summed E-state index contributed by atoms with van der Waals surface area (Å²) in [6.45, 7) is 3.62. The zero-order valence-electron chi connectivity index (χ0n) is 8.72. The van der Waals surface area contributed by atoms with Gasteiger partial charge in [-0.1, -0.05) is 13.8 Å². The van der Waals surface area contributed by atoms with Crippen LogP contribution in [0, 0.1) is 5.92 Å². The second kappa shape index (κ2) is 4.26. The van der Waals surface area contributed by atoms with Gasteiger partial charge in [-0.15, -0.1) is 0 Å². The molecule has 1 rings (SSSR count). The monoisotopic (exact) mass is 197 g/mol. The molecule has 0 aromatic carbocycles. The average Bonchev–Trinajstić information content (AvgIpc) is 2.95. The second-order valence-electron chi connectivity index (χ2n) is 3.61. The maximum atomic E-state index is 11.6. The minimum absolute atomic E-state index is 0.0251. The van der Waals surface area contributed by atoms with Crippen LogP contribution in [0.25, 0.3) is 0 Å². The SMILES string of the molecule is COC(=O)NC(C(=O)C(C)C)=C1CC1. The molecule has 1 fully saturated rings. The Bertz CT molecular complexity index is 286. The number of carbonyl (C=O) groups excluding carboxylic acids is 2. The highest BCUT2D eigenvalue weighted by Crippen LogP contribution is 2.31. The van der Waals surface area contributed by atoms with Crippen LogP contribution in [0.2, 0.25) is 0 Å². The molecule has 0 spiro atoms. The number of methoxy groups -OCH3 is 1. The van der Waals surface area contributed by atoms with Gasteiger partial charge >= 0.3 is 6.09 Å². The van der Waals surface area contributed by atoms with Crippen LogP contribution in [0.5, 0.6) is 0 Å². The molecular formula is C10H15NO3. The van der Waals surface area contributed by atoms with Crippen molar-refractivity contribution in [2.24, 2.45) is 5.92 Å². The van der Waals surface area contributed by atoms with Gasteiger partial charge in [0.15, 0.2) is 5.78 Å². The predicted molar refractivity (Wildman–Crippen MR) is 51.6 cm³/mol. The summed E-state index contributed by atoms with van der Waals surface area (Å²) in [5.41, 5.74) is 1.46. The van der Waals surface area contributed by atoms with E-state index in [2.05, 4.69) is 10.1 Å². The quantitative estimate of drug-likeness (QED) is 0.699. The van der Waals surface area contributed by atoms with E-state index in [9.17, 15) is 9.59 Å². The van der Waals surface area contributed by atoms with Gasteiger partial charge in [-0.05, 0) is 18.4 Å². The van der Waals surface area contributed by atoms with Crippen molar-refractivity contribution in [2.45, 2.75) is 26.7 Å². The largest absolute Gasteiger partial charge is 0.453 e. The van der Waals surface area contributed by atoms with Gasteiger partial charge < -0.3 is 4.74 Å². The Balaban J connectivity index is 2.72. The van der Waals surface area contributed by atoms with Crippen LogP contribution in [0.3, 0.4) is 0 Å². The topological polar surface area (TPSA) is 55.4 Å². The summed E-state index contributed by atoms with van der Waals surface area (Å²) in [4.78, 5) is 22.6. The molecule has 0 radical (unpaired) electrons. The van der Waals surface area contributed by atoms with Crippen LogP contribution in [0.15, 0.2) is 11.3 Å². The maximum absolute atomic E-state index is 11.6. The van der Waals surface area contributed by atoms with Crippen molar-refractivity contribution in [3.63, 3.8) is 0 Å². The van der Waals surface area contributed by atoms with Gasteiger partial charge in [-0.25, -0.2) is 4.79 Å². The summed E-state index contributed by atoms with van der Waals surface area (Å²) in [5, 5.41) is 2.48. The number of nitrogens with one attached hydrogen (secondary N) is 1. The molecule has 0 bridgehead atoms. The first-order chi connectivity index (χ1) is 6.56. The Kier molecular flexibility index (Phi) is 3.28. The lowest BCUT2D eigenvalue weighted by atomic mass is 10.1. The molecule has 0 aromatic heterocycles. The molecule has 1 amide bonds. The van der Waals surface area contributed by atoms with E-state index >= 15 is 0 Å². The molecule has 1 N–H and O–H groups in total. The minimum Gasteiger partial charge on any atom is -0.453 e. The molecule has 0 saturated heterocycles. The molecule has 1 aliphatic carbocycles. The fraction of sp³-hybridized carbons (Fsp3) is 0.600. The Hall–Kier alpha value is -1.32. The lowest BCUT2D eigenvalue weighted by molar-refractivity contribution is -0.118. The Morgan fingerprint density at radius 1 is 1.36 bits per heavy atom. The van der Waals surface area contributed by atoms with Gasteiger partial charge in [-0.3, -0.25) is 10.1 Å². The summed E-state index contributed by atoms with van der Waals surface area (Å²) in [6.07, 6.45) is 1.23. The molecule has 0 aliphatic heterocycles. The van der Waals surface area contributed by atoms with E-state index in [4.69, 9.17) is 0 Å². The molecule has 0 aromatic rings. The highest BCUT2D eigenvalue weighted by atomic mass is 16.5. The van der Waals surface area contributed by atoms with Crippen molar-refractivity contribution >= 4 is 11.9 Å². The van der Waals surface area contributed by atoms with Crippen molar-refractivity contribution < 1.29 is 14.3 Å². The van der Waals surface area contributed by atoms with Crippen molar-refractivity contribution in [1.82, 2.24) is 5.32 Å². The van der Waals surface area contributed by atoms with Crippen LogP contribution >= 0.6 is 0 Å². The van der Waals surface area contributed by atoms with E-state index < -0.39 is 6.09 Å². The number of amides is 1. The first-order valence-corrected chi connectivity index (χ1v) is 4.67. The summed E-state index contributed by atoms with van der Waals surface area (Å²) >= 11 is 0. The number of carbonyl (C=O) groups is 2. The summed E-state index contributed by atoms with van der Waals surface area (Å²) in [5.74, 6) is -0.127. The number of hydrogen-bond acceptors (Lipinski definition) is 3. The van der Waals surface area contributed by atoms with Gasteiger partial charge in [0, 0.05) is 5.92 Å². The van der Waals surface area contributed by atoms with Crippen LogP contribution in [-0.2, 0) is 9.53 Å². The fourth-order valence-electron chi connectivity index (χ4n) is 1.08. The number of hydrogen-bond donors (Lipinski definition) is 1. The first kappa shape index (κ1) is 10.8. The number of Topliss-reactive ketones (excluding diaryl/α,β-unsaturated/α-hetero) is 1. The third-order valence-electron chi connectivity index (χ3n) is 2.04. The number of rotatable bonds is 3. The van der Waals surface area contributed by atoms with Crippen molar-refractivity contribution in [3.8, 4) is 0 Å². The van der Waals surface area contributed by atoms with Gasteiger partial charge in [0.05, 0.1) is 12.8 Å². The maximum Gasteiger partial charge on any atom is 0.411 e. The third kappa shape index (κ3) is 2.58. The molecule has 1 aliphatic rings. The minimum atomic E-state index is -0.576. The van der Waals surface area contributed by atoms with Gasteiger partial charge in [0.2, 0.25) is 0 Å². The van der Waals surface area contributed by atoms with Crippen LogP contribution in [0.1, 0.15) is 26.7 Å². The number of allylic oxidation sites excluding steroid dienone is 2. The van der Waals surface area contributed by atoms with Crippen LogP contribution < -0.4 is 5.32 Å². The predicted octanol–water partition coefficient (Wildman–Crippen LogP) is 1.62. The van der Waals surface area contributed by atoms with E-state index in [1.807, 2.05) is 13.8 Å². The molecule has 4 nitrogen and oxygen atoms in total. The standard InChI is InChI=1S/C10H15NO3/c1-6(2)9(12)8(7-4-5-7)11-10(13)14-3/h6H,4-5H2,1-3H3,(H,11,13). The molecule has 0 unspecified atom stereocenters. The molecule has 4 heteroatoms. The Morgan fingerprint density at radius 3 is 2.29 bits per heavy atom. The number of ether oxygens (including phenoxy) is 1. The Labute approximate surface area is 83.3 Å². The number of alkyl carbamates (subject to hydrolysis) is 1. The van der Waals surface area contributed by atoms with Gasteiger partial charge in [0.25, 0.3) is 0 Å². The second-order valence-corrected chi connectivity index (χ2v) is 3.61. The molecule has 14 heavy (non-hydrogen) atoms. The van der Waals surface area contributed by atoms with E-state index in [1.54, 1.807) is 0 Å². The van der Waals surface area contributed by atoms with E-state index in [0.717, 1.165) is 18.4 Å². The summed E-state index contributed by atoms with van der Waals surface area (Å²) < 4.78 is 4.45.